The van der Waals surface area contributed by atoms with Gasteiger partial charge in [0.1, 0.15) is 6.61 Å². The van der Waals surface area contributed by atoms with E-state index in [0.717, 1.165) is 44.9 Å². The van der Waals surface area contributed by atoms with Crippen molar-refractivity contribution in [2.75, 3.05) is 13.2 Å². The van der Waals surface area contributed by atoms with Crippen LogP contribution in [0.3, 0.4) is 0 Å². The van der Waals surface area contributed by atoms with Crippen molar-refractivity contribution in [3.8, 4) is 0 Å². The quantitative estimate of drug-likeness (QED) is 0.0341. The molecule has 0 aromatic rings. The van der Waals surface area contributed by atoms with Crippen LogP contribution < -0.4 is 0 Å². The third-order valence-corrected chi connectivity index (χ3v) is 7.77. The third kappa shape index (κ3) is 31.7. The minimum absolute atomic E-state index is 0.213. The molecule has 8 nitrogen and oxygen atoms in total. The summed E-state index contributed by atoms with van der Waals surface area (Å²) in [4.78, 5) is 42.5. The van der Waals surface area contributed by atoms with E-state index in [1.54, 1.807) is 0 Å². The maximum atomic E-state index is 12.3. The van der Waals surface area contributed by atoms with Gasteiger partial charge in [-0.05, 0) is 38.5 Å². The number of phosphoric ester groups is 1. The first-order valence-electron chi connectivity index (χ1n) is 17.0. The van der Waals surface area contributed by atoms with Crippen LogP contribution in [-0.2, 0) is 28.2 Å². The molecule has 0 radical (unpaired) electrons. The van der Waals surface area contributed by atoms with Crippen LogP contribution >= 0.6 is 7.82 Å². The highest BCUT2D eigenvalue weighted by atomic mass is 31.2. The number of phosphoric acid groups is 1. The van der Waals surface area contributed by atoms with Gasteiger partial charge in [-0.15, -0.1) is 0 Å². The standard InChI is InChI=1S/C33H63O8P/c1-3-5-7-9-11-13-15-16-18-19-21-23-25-27-32(34)39-29-31(30-40-42(36,37)38)41-33(35)28-26-24-22-20-17-14-12-10-8-6-4-2/h16,18,31H,3-15,17,19-30H2,1-2H3,(H2,36,37,38)/b18-16+/t31-/m1/s1. The van der Waals surface area contributed by atoms with Gasteiger partial charge in [0.2, 0.25) is 0 Å². The molecule has 0 rings (SSSR count). The molecule has 0 aliphatic heterocycles. The van der Waals surface area contributed by atoms with Crippen LogP contribution in [0.2, 0.25) is 0 Å². The molecule has 0 fully saturated rings. The number of unbranched alkanes of at least 4 members (excludes halogenated alkanes) is 19. The summed E-state index contributed by atoms with van der Waals surface area (Å²) in [7, 11) is -4.74. The third-order valence-electron chi connectivity index (χ3n) is 7.28. The molecule has 2 N–H and O–H groups in total. The summed E-state index contributed by atoms with van der Waals surface area (Å²) in [5.41, 5.74) is 0. The fourth-order valence-corrected chi connectivity index (χ4v) is 5.08. The van der Waals surface area contributed by atoms with Crippen molar-refractivity contribution in [3.63, 3.8) is 0 Å². The average molecular weight is 619 g/mol. The van der Waals surface area contributed by atoms with Gasteiger partial charge in [0.15, 0.2) is 6.10 Å². The maximum Gasteiger partial charge on any atom is 0.469 e. The molecular formula is C33H63O8P. The van der Waals surface area contributed by atoms with Crippen LogP contribution in [0, 0.1) is 0 Å². The molecule has 42 heavy (non-hydrogen) atoms. The topological polar surface area (TPSA) is 119 Å². The Labute approximate surface area is 257 Å². The zero-order valence-electron chi connectivity index (χ0n) is 26.9. The first-order chi connectivity index (χ1) is 20.3. The monoisotopic (exact) mass is 618 g/mol. The Morgan fingerprint density at radius 2 is 1.00 bits per heavy atom. The average Bonchev–Trinajstić information content (AvgIpc) is 2.95. The number of rotatable bonds is 31. The van der Waals surface area contributed by atoms with Crippen LogP contribution in [-0.4, -0.2) is 41.0 Å². The van der Waals surface area contributed by atoms with Gasteiger partial charge in [-0.3, -0.25) is 14.1 Å². The van der Waals surface area contributed by atoms with Crippen molar-refractivity contribution in [2.45, 2.75) is 174 Å². The summed E-state index contributed by atoms with van der Waals surface area (Å²) in [6, 6.07) is 0. The lowest BCUT2D eigenvalue weighted by atomic mass is 10.1. The number of carbonyl (C=O) groups is 2. The Morgan fingerprint density at radius 1 is 0.595 bits per heavy atom. The van der Waals surface area contributed by atoms with Crippen LogP contribution in [0.4, 0.5) is 0 Å². The number of esters is 2. The molecule has 0 amide bonds. The van der Waals surface area contributed by atoms with Gasteiger partial charge in [-0.25, -0.2) is 4.57 Å². The summed E-state index contributed by atoms with van der Waals surface area (Å²) in [6.45, 7) is 3.63. The minimum Gasteiger partial charge on any atom is -0.462 e. The SMILES string of the molecule is CCCCCCCC/C=C/CCCCCC(=O)OC[C@H](COP(=O)(O)O)OC(=O)CCCCCCCCCCCCC. The molecule has 0 spiro atoms. The lowest BCUT2D eigenvalue weighted by Gasteiger charge is -2.18. The zero-order valence-corrected chi connectivity index (χ0v) is 27.8. The van der Waals surface area contributed by atoms with E-state index >= 15 is 0 Å². The lowest BCUT2D eigenvalue weighted by molar-refractivity contribution is -0.161. The Hall–Kier alpha value is -1.21. The Bertz CT molecular complexity index is 706. The van der Waals surface area contributed by atoms with Crippen molar-refractivity contribution in [2.24, 2.45) is 0 Å². The van der Waals surface area contributed by atoms with Crippen molar-refractivity contribution >= 4 is 19.8 Å². The predicted octanol–water partition coefficient (Wildman–Crippen LogP) is 9.51. The molecule has 0 bridgehead atoms. The lowest BCUT2D eigenvalue weighted by Crippen LogP contribution is -2.29. The van der Waals surface area contributed by atoms with Gasteiger partial charge in [0.05, 0.1) is 6.61 Å². The van der Waals surface area contributed by atoms with Crippen molar-refractivity contribution in [3.05, 3.63) is 12.2 Å². The molecular weight excluding hydrogens is 555 g/mol. The minimum atomic E-state index is -4.74. The van der Waals surface area contributed by atoms with E-state index < -0.39 is 32.5 Å². The van der Waals surface area contributed by atoms with Crippen LogP contribution in [0.25, 0.3) is 0 Å². The first-order valence-corrected chi connectivity index (χ1v) is 18.5. The molecule has 0 heterocycles. The van der Waals surface area contributed by atoms with Crippen LogP contribution in [0.1, 0.15) is 168 Å². The Morgan fingerprint density at radius 3 is 1.48 bits per heavy atom. The van der Waals surface area contributed by atoms with E-state index in [0.29, 0.717) is 12.8 Å². The highest BCUT2D eigenvalue weighted by Crippen LogP contribution is 2.35. The summed E-state index contributed by atoms with van der Waals surface area (Å²) in [6.07, 6.45) is 29.4. The number of hydrogen-bond acceptors (Lipinski definition) is 6. The second-order valence-electron chi connectivity index (χ2n) is 11.5. The first kappa shape index (κ1) is 40.8. The van der Waals surface area contributed by atoms with Crippen molar-refractivity contribution in [1.82, 2.24) is 0 Å². The summed E-state index contributed by atoms with van der Waals surface area (Å²) in [5, 5.41) is 0. The molecule has 0 aromatic heterocycles. The number of ether oxygens (including phenoxy) is 2. The van der Waals surface area contributed by atoms with E-state index in [1.165, 1.54) is 83.5 Å². The van der Waals surface area contributed by atoms with E-state index in [4.69, 9.17) is 19.3 Å². The smallest absolute Gasteiger partial charge is 0.462 e. The number of hydrogen-bond donors (Lipinski definition) is 2. The maximum absolute atomic E-state index is 12.3. The molecule has 0 saturated heterocycles. The molecule has 248 valence electrons. The van der Waals surface area contributed by atoms with Gasteiger partial charge >= 0.3 is 19.8 Å². The number of carbonyl (C=O) groups excluding carboxylic acids is 2. The van der Waals surface area contributed by atoms with E-state index in [2.05, 4.69) is 30.5 Å². The number of allylic oxidation sites excluding steroid dienone is 2. The van der Waals surface area contributed by atoms with Gasteiger partial charge in [0.25, 0.3) is 0 Å². The largest absolute Gasteiger partial charge is 0.469 e. The highest BCUT2D eigenvalue weighted by Gasteiger charge is 2.22. The summed E-state index contributed by atoms with van der Waals surface area (Å²) < 4.78 is 26.2. The second-order valence-corrected chi connectivity index (χ2v) is 12.7. The van der Waals surface area contributed by atoms with Gasteiger partial charge < -0.3 is 19.3 Å². The van der Waals surface area contributed by atoms with Gasteiger partial charge in [-0.1, -0.05) is 129 Å². The van der Waals surface area contributed by atoms with E-state index in [-0.39, 0.29) is 19.4 Å². The molecule has 0 aromatic carbocycles. The van der Waals surface area contributed by atoms with E-state index in [9.17, 15) is 14.2 Å². The second kappa shape index (κ2) is 29.8. The summed E-state index contributed by atoms with van der Waals surface area (Å²) >= 11 is 0. The van der Waals surface area contributed by atoms with Gasteiger partial charge in [0, 0.05) is 12.8 Å². The molecule has 0 unspecified atom stereocenters. The molecule has 0 aliphatic carbocycles. The van der Waals surface area contributed by atoms with Crippen LogP contribution in [0.5, 0.6) is 0 Å². The van der Waals surface area contributed by atoms with Crippen molar-refractivity contribution in [1.29, 1.82) is 0 Å². The Kier molecular flexibility index (Phi) is 29.0. The Balaban J connectivity index is 4.02. The predicted molar refractivity (Wildman–Crippen MR) is 170 cm³/mol. The van der Waals surface area contributed by atoms with Crippen molar-refractivity contribution < 1.29 is 37.9 Å². The molecule has 0 aliphatic rings. The van der Waals surface area contributed by atoms with Crippen LogP contribution in [0.15, 0.2) is 12.2 Å². The highest BCUT2D eigenvalue weighted by molar-refractivity contribution is 7.46. The summed E-state index contributed by atoms with van der Waals surface area (Å²) in [5.74, 6) is -0.901. The van der Waals surface area contributed by atoms with Gasteiger partial charge in [-0.2, -0.15) is 0 Å². The normalized spacial score (nSPS) is 12.6. The molecule has 0 saturated carbocycles. The fourth-order valence-electron chi connectivity index (χ4n) is 4.72. The molecule has 1 atom stereocenters. The fraction of sp³-hybridized carbons (Fsp3) is 0.879. The zero-order chi connectivity index (χ0) is 31.2. The molecule has 9 heteroatoms. The van der Waals surface area contributed by atoms with E-state index in [1.807, 2.05) is 0 Å².